The van der Waals surface area contributed by atoms with Crippen LogP contribution in [0.5, 0.6) is 0 Å². The monoisotopic (exact) mass is 235 g/mol. The van der Waals surface area contributed by atoms with E-state index in [4.69, 9.17) is 35.4 Å². The maximum atomic E-state index is 8.80. The Morgan fingerprint density at radius 3 is 2.40 bits per heavy atom. The summed E-state index contributed by atoms with van der Waals surface area (Å²) in [6.07, 6.45) is 0. The van der Waals surface area contributed by atoms with Crippen molar-refractivity contribution in [3.63, 3.8) is 0 Å². The molecule has 3 nitrogen and oxygen atoms in total. The molecule has 3 N–H and O–H groups in total. The standard InChI is InChI=1S/C10H9N3S2/c11-6-8(9(12)14)10(15)13-7-4-2-1-3-5-7/h1-5,8H,(H2,12,14)(H,13,15)/t8-/m1/s1. The molecule has 5 heteroatoms. The second-order valence-electron chi connectivity index (χ2n) is 2.82. The van der Waals surface area contributed by atoms with E-state index in [0.717, 1.165) is 5.69 Å². The van der Waals surface area contributed by atoms with Gasteiger partial charge in [-0.25, -0.2) is 0 Å². The van der Waals surface area contributed by atoms with E-state index in [1.807, 2.05) is 36.4 Å². The molecule has 0 radical (unpaired) electrons. The normalized spacial score (nSPS) is 11.1. The highest BCUT2D eigenvalue weighted by atomic mass is 32.1. The molecule has 0 amide bonds. The Morgan fingerprint density at radius 2 is 1.93 bits per heavy atom. The number of nitrogens with zero attached hydrogens (tertiary/aromatic N) is 1. The molecular formula is C10H9N3S2. The molecule has 1 rings (SSSR count). The number of hydrogen-bond acceptors (Lipinski definition) is 3. The van der Waals surface area contributed by atoms with E-state index in [0.29, 0.717) is 4.99 Å². The summed E-state index contributed by atoms with van der Waals surface area (Å²) >= 11 is 9.77. The van der Waals surface area contributed by atoms with Crippen molar-refractivity contribution in [3.05, 3.63) is 30.3 Å². The van der Waals surface area contributed by atoms with Crippen LogP contribution in [0, 0.1) is 17.2 Å². The van der Waals surface area contributed by atoms with Crippen molar-refractivity contribution in [1.82, 2.24) is 0 Å². The van der Waals surface area contributed by atoms with Crippen LogP contribution in [0.4, 0.5) is 5.69 Å². The van der Waals surface area contributed by atoms with E-state index in [2.05, 4.69) is 5.32 Å². The van der Waals surface area contributed by atoms with Gasteiger partial charge in [0.1, 0.15) is 10.9 Å². The highest BCUT2D eigenvalue weighted by molar-refractivity contribution is 7.82. The molecule has 1 aromatic rings. The zero-order chi connectivity index (χ0) is 11.3. The summed E-state index contributed by atoms with van der Waals surface area (Å²) in [6.45, 7) is 0. The van der Waals surface area contributed by atoms with Gasteiger partial charge in [0.05, 0.1) is 11.1 Å². The molecule has 1 atom stereocenters. The number of nitriles is 1. The number of anilines is 1. The van der Waals surface area contributed by atoms with Gasteiger partial charge in [-0.1, -0.05) is 42.6 Å². The molecule has 0 saturated carbocycles. The Morgan fingerprint density at radius 1 is 1.33 bits per heavy atom. The lowest BCUT2D eigenvalue weighted by molar-refractivity contribution is 1.23. The molecule has 0 spiro atoms. The predicted octanol–water partition coefficient (Wildman–Crippen LogP) is 1.85. The highest BCUT2D eigenvalue weighted by Crippen LogP contribution is 2.08. The predicted molar refractivity (Wildman–Crippen MR) is 68.6 cm³/mol. The number of hydrogen-bond donors (Lipinski definition) is 2. The van der Waals surface area contributed by atoms with E-state index in [-0.39, 0.29) is 4.99 Å². The Balaban J connectivity index is 2.72. The van der Waals surface area contributed by atoms with Gasteiger partial charge in [0.25, 0.3) is 0 Å². The molecule has 0 heterocycles. The first-order valence-electron chi connectivity index (χ1n) is 4.20. The van der Waals surface area contributed by atoms with Crippen LogP contribution >= 0.6 is 24.4 Å². The summed E-state index contributed by atoms with van der Waals surface area (Å²) in [5.41, 5.74) is 6.20. The van der Waals surface area contributed by atoms with E-state index >= 15 is 0 Å². The zero-order valence-electron chi connectivity index (χ0n) is 7.81. The summed E-state index contributed by atoms with van der Waals surface area (Å²) in [6, 6.07) is 11.3. The molecule has 15 heavy (non-hydrogen) atoms. The van der Waals surface area contributed by atoms with Crippen molar-refractivity contribution in [1.29, 1.82) is 5.26 Å². The minimum absolute atomic E-state index is 0.0888. The molecule has 0 aliphatic heterocycles. The van der Waals surface area contributed by atoms with Gasteiger partial charge in [-0.2, -0.15) is 5.26 Å². The van der Waals surface area contributed by atoms with Gasteiger partial charge in [-0.3, -0.25) is 0 Å². The van der Waals surface area contributed by atoms with E-state index < -0.39 is 5.92 Å². The van der Waals surface area contributed by atoms with Crippen LogP contribution in [0.15, 0.2) is 30.3 Å². The maximum absolute atomic E-state index is 8.80. The Hall–Kier alpha value is -1.51. The fourth-order valence-electron chi connectivity index (χ4n) is 0.987. The number of nitrogens with one attached hydrogen (secondary N) is 1. The number of rotatable bonds is 3. The molecule has 76 valence electrons. The van der Waals surface area contributed by atoms with Crippen molar-refractivity contribution in [2.24, 2.45) is 11.7 Å². The van der Waals surface area contributed by atoms with Crippen LogP contribution in [0.3, 0.4) is 0 Å². The van der Waals surface area contributed by atoms with Gasteiger partial charge in [0.15, 0.2) is 0 Å². The van der Waals surface area contributed by atoms with Crippen LogP contribution in [-0.4, -0.2) is 9.98 Å². The average molecular weight is 235 g/mol. The zero-order valence-corrected chi connectivity index (χ0v) is 9.44. The van der Waals surface area contributed by atoms with Crippen molar-refractivity contribution in [2.45, 2.75) is 0 Å². The highest BCUT2D eigenvalue weighted by Gasteiger charge is 2.16. The molecule has 0 aliphatic carbocycles. The van der Waals surface area contributed by atoms with Crippen molar-refractivity contribution < 1.29 is 0 Å². The van der Waals surface area contributed by atoms with Crippen LogP contribution in [0.25, 0.3) is 0 Å². The lowest BCUT2D eigenvalue weighted by Gasteiger charge is -2.11. The van der Waals surface area contributed by atoms with Gasteiger partial charge in [0.2, 0.25) is 0 Å². The van der Waals surface area contributed by atoms with E-state index in [1.165, 1.54) is 0 Å². The van der Waals surface area contributed by atoms with Crippen LogP contribution in [0.2, 0.25) is 0 Å². The van der Waals surface area contributed by atoms with Gasteiger partial charge in [-0.15, -0.1) is 0 Å². The Bertz CT molecular complexity index is 408. The van der Waals surface area contributed by atoms with E-state index in [1.54, 1.807) is 0 Å². The minimum Gasteiger partial charge on any atom is -0.392 e. The first-order valence-corrected chi connectivity index (χ1v) is 5.01. The SMILES string of the molecule is N#C[C@H](C(N)=S)C(=S)Nc1ccccc1. The summed E-state index contributed by atoms with van der Waals surface area (Å²) in [5, 5.41) is 11.7. The maximum Gasteiger partial charge on any atom is 0.146 e. The molecule has 0 aromatic heterocycles. The molecule has 0 bridgehead atoms. The minimum atomic E-state index is -0.713. The van der Waals surface area contributed by atoms with Gasteiger partial charge in [-0.05, 0) is 12.1 Å². The Kier molecular flexibility index (Phi) is 4.16. The van der Waals surface area contributed by atoms with Gasteiger partial charge >= 0.3 is 0 Å². The first kappa shape index (κ1) is 11.6. The first-order chi connectivity index (χ1) is 7.15. The third-order valence-electron chi connectivity index (χ3n) is 1.72. The summed E-state index contributed by atoms with van der Waals surface area (Å²) in [7, 11) is 0. The second kappa shape index (κ2) is 5.39. The van der Waals surface area contributed by atoms with Crippen LogP contribution < -0.4 is 11.1 Å². The molecule has 1 aromatic carbocycles. The Labute approximate surface area is 98.9 Å². The second-order valence-corrected chi connectivity index (χ2v) is 3.73. The van der Waals surface area contributed by atoms with E-state index in [9.17, 15) is 0 Å². The number of nitrogens with two attached hydrogens (primary N) is 1. The number of thiocarbonyl (C=S) groups is 2. The average Bonchev–Trinajstić information content (AvgIpc) is 2.19. The fraction of sp³-hybridized carbons (Fsp3) is 0.100. The summed E-state index contributed by atoms with van der Waals surface area (Å²) in [4.78, 5) is 0.419. The summed E-state index contributed by atoms with van der Waals surface area (Å²) < 4.78 is 0. The van der Waals surface area contributed by atoms with Crippen molar-refractivity contribution in [3.8, 4) is 6.07 Å². The largest absolute Gasteiger partial charge is 0.392 e. The number of para-hydroxylation sites is 1. The quantitative estimate of drug-likeness (QED) is 0.783. The van der Waals surface area contributed by atoms with Crippen molar-refractivity contribution in [2.75, 3.05) is 5.32 Å². The van der Waals surface area contributed by atoms with Crippen LogP contribution in [-0.2, 0) is 0 Å². The lowest BCUT2D eigenvalue weighted by atomic mass is 10.1. The lowest BCUT2D eigenvalue weighted by Crippen LogP contribution is -2.30. The number of benzene rings is 1. The van der Waals surface area contributed by atoms with Crippen LogP contribution in [0.1, 0.15) is 0 Å². The molecule has 0 fully saturated rings. The third-order valence-corrected chi connectivity index (χ3v) is 2.29. The molecular weight excluding hydrogens is 226 g/mol. The molecule has 0 saturated heterocycles. The van der Waals surface area contributed by atoms with Gasteiger partial charge in [0, 0.05) is 5.69 Å². The van der Waals surface area contributed by atoms with Crippen molar-refractivity contribution >= 4 is 40.1 Å². The molecule has 0 unspecified atom stereocenters. The molecule has 0 aliphatic rings. The smallest absolute Gasteiger partial charge is 0.146 e. The summed E-state index contributed by atoms with van der Waals surface area (Å²) in [5.74, 6) is -0.713. The third kappa shape index (κ3) is 3.27. The fourth-order valence-corrected chi connectivity index (χ4v) is 1.53. The topological polar surface area (TPSA) is 61.8 Å². The van der Waals surface area contributed by atoms with Gasteiger partial charge < -0.3 is 11.1 Å².